The molecule has 6 nitrogen and oxygen atoms in total. The number of nitrogens with zero attached hydrogens (tertiary/aromatic N) is 1. The number of thiophene rings is 1. The van der Waals surface area contributed by atoms with Gasteiger partial charge in [-0.3, -0.25) is 4.79 Å². The number of amides is 1. The van der Waals surface area contributed by atoms with Crippen molar-refractivity contribution in [3.63, 3.8) is 0 Å². The second kappa shape index (κ2) is 7.78. The molecule has 22 heavy (non-hydrogen) atoms. The number of likely N-dealkylation sites (N-methyl/N-ethyl adjacent to an activating group) is 1. The van der Waals surface area contributed by atoms with E-state index in [1.54, 1.807) is 17.1 Å². The van der Waals surface area contributed by atoms with Gasteiger partial charge in [-0.25, -0.2) is 8.42 Å². The first-order valence-corrected chi connectivity index (χ1v) is 10.5. The third-order valence-electron chi connectivity index (χ3n) is 3.48. The lowest BCUT2D eigenvalue weighted by Gasteiger charge is -2.25. The van der Waals surface area contributed by atoms with Crippen molar-refractivity contribution in [2.75, 3.05) is 38.2 Å². The minimum Gasteiger partial charge on any atom is -0.350 e. The standard InChI is InChI=1S/C13H21N3O3S3/c1-10(14-2)9-15-13(17)12-11(3-6-21-12)22(18,19)16-4-7-20-8-5-16/h3,6,10,14H,4-5,7-9H2,1-2H3,(H,15,17). The molecule has 1 amide bonds. The Morgan fingerprint density at radius 2 is 2.09 bits per heavy atom. The van der Waals surface area contributed by atoms with Crippen LogP contribution in [0.3, 0.4) is 0 Å². The monoisotopic (exact) mass is 363 g/mol. The third-order valence-corrected chi connectivity index (χ3v) is 7.41. The van der Waals surface area contributed by atoms with Crippen LogP contribution in [-0.4, -0.2) is 62.9 Å². The molecule has 1 unspecified atom stereocenters. The molecule has 0 bridgehead atoms. The Bertz CT molecular complexity index is 609. The first-order chi connectivity index (χ1) is 10.5. The van der Waals surface area contributed by atoms with Crippen LogP contribution in [0.15, 0.2) is 16.3 Å². The first-order valence-electron chi connectivity index (χ1n) is 7.07. The van der Waals surface area contributed by atoms with E-state index in [1.807, 2.05) is 14.0 Å². The van der Waals surface area contributed by atoms with Gasteiger partial charge in [0.1, 0.15) is 9.77 Å². The van der Waals surface area contributed by atoms with Gasteiger partial charge in [0.05, 0.1) is 0 Å². The van der Waals surface area contributed by atoms with E-state index in [0.717, 1.165) is 22.8 Å². The largest absolute Gasteiger partial charge is 0.350 e. The lowest BCUT2D eigenvalue weighted by atomic mass is 10.3. The van der Waals surface area contributed by atoms with Gasteiger partial charge in [0.2, 0.25) is 10.0 Å². The minimum atomic E-state index is -3.58. The van der Waals surface area contributed by atoms with E-state index in [2.05, 4.69) is 10.6 Å². The maximum Gasteiger partial charge on any atom is 0.262 e. The number of hydrogen-bond acceptors (Lipinski definition) is 6. The van der Waals surface area contributed by atoms with Gasteiger partial charge in [-0.15, -0.1) is 11.3 Å². The van der Waals surface area contributed by atoms with Crippen LogP contribution in [0, 0.1) is 0 Å². The van der Waals surface area contributed by atoms with Gasteiger partial charge >= 0.3 is 0 Å². The van der Waals surface area contributed by atoms with Crippen molar-refractivity contribution in [3.05, 3.63) is 16.3 Å². The molecule has 1 atom stereocenters. The fraction of sp³-hybridized carbons (Fsp3) is 0.615. The summed E-state index contributed by atoms with van der Waals surface area (Å²) in [5.74, 6) is 1.26. The summed E-state index contributed by atoms with van der Waals surface area (Å²) in [5, 5.41) is 7.45. The zero-order valence-corrected chi connectivity index (χ0v) is 15.1. The van der Waals surface area contributed by atoms with Crippen LogP contribution in [0.1, 0.15) is 16.6 Å². The molecule has 2 rings (SSSR count). The van der Waals surface area contributed by atoms with E-state index >= 15 is 0 Å². The molecule has 9 heteroatoms. The molecule has 1 aromatic heterocycles. The van der Waals surface area contributed by atoms with Crippen molar-refractivity contribution >= 4 is 39.0 Å². The number of hydrogen-bond donors (Lipinski definition) is 2. The fourth-order valence-electron chi connectivity index (χ4n) is 2.02. The highest BCUT2D eigenvalue weighted by Crippen LogP contribution is 2.27. The molecule has 1 aliphatic heterocycles. The smallest absolute Gasteiger partial charge is 0.262 e. The Labute approximate surface area is 139 Å². The van der Waals surface area contributed by atoms with E-state index in [0.29, 0.717) is 19.6 Å². The van der Waals surface area contributed by atoms with Gasteiger partial charge in [0, 0.05) is 37.2 Å². The summed E-state index contributed by atoms with van der Waals surface area (Å²) in [6, 6.07) is 1.65. The summed E-state index contributed by atoms with van der Waals surface area (Å²) in [6.07, 6.45) is 0. The highest BCUT2D eigenvalue weighted by atomic mass is 32.2. The molecule has 1 aliphatic rings. The summed E-state index contributed by atoms with van der Waals surface area (Å²) < 4.78 is 26.9. The summed E-state index contributed by atoms with van der Waals surface area (Å²) in [7, 11) is -1.77. The molecule has 1 fully saturated rings. The summed E-state index contributed by atoms with van der Waals surface area (Å²) in [6.45, 7) is 3.40. The van der Waals surface area contributed by atoms with Crippen LogP contribution in [0.2, 0.25) is 0 Å². The van der Waals surface area contributed by atoms with Crippen LogP contribution in [0.5, 0.6) is 0 Å². The second-order valence-corrected chi connectivity index (χ2v) is 9.08. The van der Waals surface area contributed by atoms with Crippen LogP contribution in [-0.2, 0) is 10.0 Å². The van der Waals surface area contributed by atoms with Crippen molar-refractivity contribution in [1.29, 1.82) is 0 Å². The maximum atomic E-state index is 12.7. The van der Waals surface area contributed by atoms with E-state index in [4.69, 9.17) is 0 Å². The van der Waals surface area contributed by atoms with Crippen molar-refractivity contribution < 1.29 is 13.2 Å². The van der Waals surface area contributed by atoms with E-state index in [9.17, 15) is 13.2 Å². The molecule has 1 saturated heterocycles. The number of sulfonamides is 1. The van der Waals surface area contributed by atoms with Gasteiger partial charge in [0.25, 0.3) is 5.91 Å². The minimum absolute atomic E-state index is 0.124. The van der Waals surface area contributed by atoms with Crippen LogP contribution >= 0.6 is 23.1 Å². The molecule has 124 valence electrons. The maximum absolute atomic E-state index is 12.7. The molecule has 2 heterocycles. The zero-order valence-electron chi connectivity index (χ0n) is 12.7. The summed E-state index contributed by atoms with van der Waals surface area (Å²) in [5.41, 5.74) is 0. The second-order valence-electron chi connectivity index (χ2n) is 5.03. The number of rotatable bonds is 6. The normalized spacial score (nSPS) is 18.1. The Kier molecular flexibility index (Phi) is 6.27. The van der Waals surface area contributed by atoms with Crippen molar-refractivity contribution in [2.45, 2.75) is 17.9 Å². The lowest BCUT2D eigenvalue weighted by Crippen LogP contribution is -2.39. The molecule has 1 aromatic rings. The summed E-state index contributed by atoms with van der Waals surface area (Å²) in [4.78, 5) is 12.7. The van der Waals surface area contributed by atoms with Gasteiger partial charge in [-0.1, -0.05) is 0 Å². The number of thioether (sulfide) groups is 1. The molecule has 0 spiro atoms. The molecular weight excluding hydrogens is 342 g/mol. The molecule has 0 aliphatic carbocycles. The van der Waals surface area contributed by atoms with Gasteiger partial charge in [0.15, 0.2) is 0 Å². The third kappa shape index (κ3) is 4.02. The predicted octanol–water partition coefficient (Wildman–Crippen LogP) is 0.823. The quantitative estimate of drug-likeness (QED) is 0.782. The van der Waals surface area contributed by atoms with E-state index in [1.165, 1.54) is 10.4 Å². The zero-order chi connectivity index (χ0) is 16.2. The van der Waals surface area contributed by atoms with Crippen molar-refractivity contribution in [3.8, 4) is 0 Å². The Hall–Kier alpha value is -0.610. The molecule has 0 radical (unpaired) electrons. The predicted molar refractivity (Wildman–Crippen MR) is 91.3 cm³/mol. The van der Waals surface area contributed by atoms with Crippen LogP contribution < -0.4 is 10.6 Å². The highest BCUT2D eigenvalue weighted by molar-refractivity contribution is 7.99. The number of carbonyl (C=O) groups excluding carboxylic acids is 1. The number of carbonyl (C=O) groups is 1. The van der Waals surface area contributed by atoms with Gasteiger partial charge in [-0.2, -0.15) is 16.1 Å². The van der Waals surface area contributed by atoms with E-state index in [-0.39, 0.29) is 21.7 Å². The summed E-state index contributed by atoms with van der Waals surface area (Å²) >= 11 is 2.91. The topological polar surface area (TPSA) is 78.5 Å². The molecule has 0 aromatic carbocycles. The molecular formula is C13H21N3O3S3. The van der Waals surface area contributed by atoms with Crippen LogP contribution in [0.4, 0.5) is 0 Å². The van der Waals surface area contributed by atoms with Crippen molar-refractivity contribution in [1.82, 2.24) is 14.9 Å². The first kappa shape index (κ1) is 17.7. The fourth-order valence-corrected chi connectivity index (χ4v) is 5.91. The molecule has 0 saturated carbocycles. The van der Waals surface area contributed by atoms with Gasteiger partial charge in [-0.05, 0) is 25.4 Å². The van der Waals surface area contributed by atoms with Crippen molar-refractivity contribution in [2.24, 2.45) is 0 Å². The molecule has 2 N–H and O–H groups in total. The van der Waals surface area contributed by atoms with Gasteiger partial charge < -0.3 is 10.6 Å². The Morgan fingerprint density at radius 3 is 2.73 bits per heavy atom. The highest BCUT2D eigenvalue weighted by Gasteiger charge is 2.31. The Morgan fingerprint density at radius 1 is 1.41 bits per heavy atom. The number of nitrogens with one attached hydrogen (secondary N) is 2. The average molecular weight is 364 g/mol. The van der Waals surface area contributed by atoms with E-state index < -0.39 is 10.0 Å². The lowest BCUT2D eigenvalue weighted by molar-refractivity contribution is 0.0951. The average Bonchev–Trinajstić information content (AvgIpc) is 3.03. The SMILES string of the molecule is CNC(C)CNC(=O)c1sccc1S(=O)(=O)N1CCSCC1. The Balaban J connectivity index is 2.16. The van der Waals surface area contributed by atoms with Crippen LogP contribution in [0.25, 0.3) is 0 Å².